The summed E-state index contributed by atoms with van der Waals surface area (Å²) < 4.78 is 1.61. The molecule has 0 saturated carbocycles. The smallest absolute Gasteiger partial charge is 0.101 e. The summed E-state index contributed by atoms with van der Waals surface area (Å²) in [6.07, 6.45) is 1.76. The van der Waals surface area contributed by atoms with Gasteiger partial charge in [0.2, 0.25) is 0 Å². The molecular formula is C10H8Cl3N3. The molecule has 0 N–H and O–H groups in total. The molecule has 1 aromatic heterocycles. The second-order valence-corrected chi connectivity index (χ2v) is 4.77. The number of aromatic nitrogens is 3. The van der Waals surface area contributed by atoms with Crippen LogP contribution in [0.25, 0.3) is 5.69 Å². The van der Waals surface area contributed by atoms with E-state index >= 15 is 0 Å². The number of hydrogen-bond donors (Lipinski definition) is 0. The molecule has 84 valence electrons. The number of nitrogens with zero attached hydrogens (tertiary/aromatic N) is 3. The Kier molecular flexibility index (Phi) is 3.38. The van der Waals surface area contributed by atoms with E-state index in [4.69, 9.17) is 34.8 Å². The van der Waals surface area contributed by atoms with Crippen LogP contribution in [-0.4, -0.2) is 15.0 Å². The molecule has 0 spiro atoms. The van der Waals surface area contributed by atoms with Crippen LogP contribution in [-0.2, 0) is 0 Å². The molecule has 0 aliphatic carbocycles. The van der Waals surface area contributed by atoms with Gasteiger partial charge in [0.1, 0.15) is 5.69 Å². The van der Waals surface area contributed by atoms with E-state index in [1.165, 1.54) is 0 Å². The van der Waals surface area contributed by atoms with Crippen molar-refractivity contribution in [3.8, 4) is 5.69 Å². The molecule has 0 aliphatic heterocycles. The summed E-state index contributed by atoms with van der Waals surface area (Å²) in [5.41, 5.74) is 1.51. The van der Waals surface area contributed by atoms with Gasteiger partial charge in [-0.25, -0.2) is 4.68 Å². The van der Waals surface area contributed by atoms with Crippen molar-refractivity contribution in [2.45, 2.75) is 12.3 Å². The molecule has 2 rings (SSSR count). The largest absolute Gasteiger partial charge is 0.220 e. The number of alkyl halides is 1. The first-order chi connectivity index (χ1) is 7.58. The van der Waals surface area contributed by atoms with Gasteiger partial charge in [-0.3, -0.25) is 0 Å². The predicted molar refractivity (Wildman–Crippen MR) is 65.6 cm³/mol. The molecule has 0 saturated heterocycles. The van der Waals surface area contributed by atoms with Crippen LogP contribution in [0.1, 0.15) is 18.0 Å². The minimum Gasteiger partial charge on any atom is -0.220 e. The molecule has 0 bridgehead atoms. The standard InChI is InChI=1S/C10H8Cl3N3/c1-6(11)10-5-16(15-14-10)7-2-3-8(12)9(13)4-7/h2-6H,1H3. The van der Waals surface area contributed by atoms with Gasteiger partial charge < -0.3 is 0 Å². The third-order valence-electron chi connectivity index (χ3n) is 2.09. The Balaban J connectivity index is 2.39. The predicted octanol–water partition coefficient (Wildman–Crippen LogP) is 3.87. The zero-order valence-electron chi connectivity index (χ0n) is 8.36. The molecule has 16 heavy (non-hydrogen) atoms. The highest BCUT2D eigenvalue weighted by Gasteiger charge is 2.08. The highest BCUT2D eigenvalue weighted by atomic mass is 35.5. The van der Waals surface area contributed by atoms with Crippen molar-refractivity contribution in [3.63, 3.8) is 0 Å². The van der Waals surface area contributed by atoms with Gasteiger partial charge in [-0.05, 0) is 25.1 Å². The van der Waals surface area contributed by atoms with Crippen molar-refractivity contribution in [1.29, 1.82) is 0 Å². The first-order valence-corrected chi connectivity index (χ1v) is 5.79. The lowest BCUT2D eigenvalue weighted by molar-refractivity contribution is 0.796. The minimum absolute atomic E-state index is 0.170. The topological polar surface area (TPSA) is 30.7 Å². The Bertz CT molecular complexity index is 508. The number of rotatable bonds is 2. The van der Waals surface area contributed by atoms with Crippen LogP contribution >= 0.6 is 34.8 Å². The first-order valence-electron chi connectivity index (χ1n) is 4.59. The summed E-state index contributed by atoms with van der Waals surface area (Å²) >= 11 is 17.6. The van der Waals surface area contributed by atoms with Crippen molar-refractivity contribution < 1.29 is 0 Å². The van der Waals surface area contributed by atoms with Crippen molar-refractivity contribution in [1.82, 2.24) is 15.0 Å². The molecule has 0 amide bonds. The summed E-state index contributed by atoms with van der Waals surface area (Å²) in [5.74, 6) is 0. The SMILES string of the molecule is CC(Cl)c1cn(-c2ccc(Cl)c(Cl)c2)nn1. The Morgan fingerprint density at radius 1 is 1.25 bits per heavy atom. The molecular weight excluding hydrogens is 268 g/mol. The first kappa shape index (κ1) is 11.7. The van der Waals surface area contributed by atoms with E-state index in [1.54, 1.807) is 23.0 Å². The average molecular weight is 277 g/mol. The number of benzene rings is 1. The summed E-state index contributed by atoms with van der Waals surface area (Å²) in [6, 6.07) is 5.25. The maximum absolute atomic E-state index is 5.91. The van der Waals surface area contributed by atoms with Gasteiger partial charge in [-0.2, -0.15) is 0 Å². The summed E-state index contributed by atoms with van der Waals surface area (Å²) in [7, 11) is 0. The van der Waals surface area contributed by atoms with Gasteiger partial charge in [0.05, 0.1) is 27.3 Å². The quantitative estimate of drug-likeness (QED) is 0.780. The lowest BCUT2D eigenvalue weighted by Crippen LogP contribution is -1.94. The maximum Gasteiger partial charge on any atom is 0.101 e. The molecule has 1 atom stereocenters. The number of halogens is 3. The third-order valence-corrected chi connectivity index (χ3v) is 3.05. The highest BCUT2D eigenvalue weighted by Crippen LogP contribution is 2.24. The van der Waals surface area contributed by atoms with E-state index in [2.05, 4.69) is 10.3 Å². The molecule has 3 nitrogen and oxygen atoms in total. The fourth-order valence-corrected chi connectivity index (χ4v) is 1.61. The lowest BCUT2D eigenvalue weighted by atomic mass is 10.3. The van der Waals surface area contributed by atoms with Crippen LogP contribution in [0, 0.1) is 0 Å². The van der Waals surface area contributed by atoms with E-state index in [9.17, 15) is 0 Å². The lowest BCUT2D eigenvalue weighted by Gasteiger charge is -2.01. The monoisotopic (exact) mass is 275 g/mol. The Morgan fingerprint density at radius 2 is 2.00 bits per heavy atom. The van der Waals surface area contributed by atoms with Gasteiger partial charge in [0.25, 0.3) is 0 Å². The zero-order valence-corrected chi connectivity index (χ0v) is 10.6. The van der Waals surface area contributed by atoms with Gasteiger partial charge in [-0.1, -0.05) is 28.4 Å². The fourth-order valence-electron chi connectivity index (χ4n) is 1.21. The van der Waals surface area contributed by atoms with Crippen LogP contribution in [0.2, 0.25) is 10.0 Å². The van der Waals surface area contributed by atoms with E-state index in [1.807, 2.05) is 13.0 Å². The molecule has 1 unspecified atom stereocenters. The normalized spacial score (nSPS) is 12.8. The van der Waals surface area contributed by atoms with Crippen LogP contribution in [0.4, 0.5) is 0 Å². The van der Waals surface area contributed by atoms with Crippen molar-refractivity contribution in [2.24, 2.45) is 0 Å². The maximum atomic E-state index is 5.91. The second kappa shape index (κ2) is 4.62. The molecule has 0 fully saturated rings. The Labute approximate surface area is 108 Å². The zero-order chi connectivity index (χ0) is 11.7. The van der Waals surface area contributed by atoms with Crippen molar-refractivity contribution >= 4 is 34.8 Å². The van der Waals surface area contributed by atoms with Crippen LogP contribution in [0.3, 0.4) is 0 Å². The Hall–Kier alpha value is -0.770. The third kappa shape index (κ3) is 2.32. The molecule has 0 radical (unpaired) electrons. The van der Waals surface area contributed by atoms with E-state index in [0.29, 0.717) is 15.7 Å². The highest BCUT2D eigenvalue weighted by molar-refractivity contribution is 6.42. The molecule has 0 aliphatic rings. The van der Waals surface area contributed by atoms with Crippen LogP contribution < -0.4 is 0 Å². The van der Waals surface area contributed by atoms with Crippen LogP contribution in [0.5, 0.6) is 0 Å². The fraction of sp³-hybridized carbons (Fsp3) is 0.200. The van der Waals surface area contributed by atoms with Crippen molar-refractivity contribution in [2.75, 3.05) is 0 Å². The van der Waals surface area contributed by atoms with E-state index in [0.717, 1.165) is 5.69 Å². The van der Waals surface area contributed by atoms with Gasteiger partial charge in [0, 0.05) is 0 Å². The summed E-state index contributed by atoms with van der Waals surface area (Å²) in [4.78, 5) is 0. The molecule has 2 aromatic rings. The Morgan fingerprint density at radius 3 is 2.56 bits per heavy atom. The van der Waals surface area contributed by atoms with Crippen LogP contribution in [0.15, 0.2) is 24.4 Å². The molecule has 1 aromatic carbocycles. The van der Waals surface area contributed by atoms with Crippen molar-refractivity contribution in [3.05, 3.63) is 40.1 Å². The minimum atomic E-state index is -0.170. The van der Waals surface area contributed by atoms with E-state index in [-0.39, 0.29) is 5.38 Å². The van der Waals surface area contributed by atoms with E-state index < -0.39 is 0 Å². The summed E-state index contributed by atoms with van der Waals surface area (Å²) in [6.45, 7) is 1.84. The number of hydrogen-bond acceptors (Lipinski definition) is 2. The summed E-state index contributed by atoms with van der Waals surface area (Å²) in [5, 5.41) is 8.73. The van der Waals surface area contributed by atoms with Gasteiger partial charge >= 0.3 is 0 Å². The average Bonchev–Trinajstić information content (AvgIpc) is 2.71. The molecule has 6 heteroatoms. The van der Waals surface area contributed by atoms with Gasteiger partial charge in [0.15, 0.2) is 0 Å². The second-order valence-electron chi connectivity index (χ2n) is 3.30. The van der Waals surface area contributed by atoms with Gasteiger partial charge in [-0.15, -0.1) is 16.7 Å². The molecule has 1 heterocycles.